The van der Waals surface area contributed by atoms with Crippen molar-refractivity contribution in [1.82, 2.24) is 19.7 Å². The molecule has 1 aliphatic heterocycles. The molecule has 0 bridgehead atoms. The van der Waals surface area contributed by atoms with Crippen LogP contribution in [-0.4, -0.2) is 26.2 Å². The first-order chi connectivity index (χ1) is 11.1. The van der Waals surface area contributed by atoms with Gasteiger partial charge in [-0.15, -0.1) is 0 Å². The van der Waals surface area contributed by atoms with Crippen molar-refractivity contribution in [2.24, 2.45) is 7.05 Å². The molecular weight excluding hydrogens is 288 g/mol. The Hall–Kier alpha value is -2.14. The van der Waals surface area contributed by atoms with Gasteiger partial charge in [0.2, 0.25) is 5.89 Å². The van der Waals surface area contributed by atoms with Crippen molar-refractivity contribution in [3.8, 4) is 0 Å². The molecule has 120 valence electrons. The third-order valence-electron chi connectivity index (χ3n) is 4.94. The lowest BCUT2D eigenvalue weighted by atomic mass is 10.0. The number of benzene rings is 1. The minimum atomic E-state index is 0.415. The molecule has 1 aliphatic rings. The van der Waals surface area contributed by atoms with Gasteiger partial charge in [-0.3, -0.25) is 9.58 Å². The maximum absolute atomic E-state index is 5.91. The highest BCUT2D eigenvalue weighted by molar-refractivity contribution is 5.72. The Balaban J connectivity index is 1.62. The average molecular weight is 310 g/mol. The summed E-state index contributed by atoms with van der Waals surface area (Å²) in [6, 6.07) is 8.37. The van der Waals surface area contributed by atoms with E-state index in [2.05, 4.69) is 28.8 Å². The van der Waals surface area contributed by atoms with Gasteiger partial charge in [0.05, 0.1) is 12.2 Å². The van der Waals surface area contributed by atoms with Crippen LogP contribution < -0.4 is 0 Å². The monoisotopic (exact) mass is 310 g/mol. The molecule has 23 heavy (non-hydrogen) atoms. The topological polar surface area (TPSA) is 47.1 Å². The molecule has 1 fully saturated rings. The van der Waals surface area contributed by atoms with Gasteiger partial charge in [-0.25, -0.2) is 4.98 Å². The van der Waals surface area contributed by atoms with Gasteiger partial charge in [0.25, 0.3) is 0 Å². The molecule has 4 rings (SSSR count). The fraction of sp³-hybridized carbons (Fsp3) is 0.444. The summed E-state index contributed by atoms with van der Waals surface area (Å²) in [6.45, 7) is 6.10. The lowest BCUT2D eigenvalue weighted by molar-refractivity contribution is 0.224. The van der Waals surface area contributed by atoms with Crippen LogP contribution in [0.3, 0.4) is 0 Å². The quantitative estimate of drug-likeness (QED) is 0.742. The van der Waals surface area contributed by atoms with E-state index in [9.17, 15) is 0 Å². The molecule has 0 spiro atoms. The van der Waals surface area contributed by atoms with Crippen LogP contribution in [0, 0.1) is 13.8 Å². The van der Waals surface area contributed by atoms with E-state index in [1.807, 2.05) is 36.0 Å². The van der Waals surface area contributed by atoms with Gasteiger partial charge in [0.15, 0.2) is 5.58 Å². The molecule has 1 atom stereocenters. The minimum absolute atomic E-state index is 0.415. The van der Waals surface area contributed by atoms with Gasteiger partial charge in [-0.05, 0) is 45.4 Å². The fourth-order valence-electron chi connectivity index (χ4n) is 3.78. The molecule has 0 N–H and O–H groups in total. The number of likely N-dealkylation sites (tertiary alicyclic amines) is 1. The largest absolute Gasteiger partial charge is 0.439 e. The summed E-state index contributed by atoms with van der Waals surface area (Å²) < 4.78 is 7.89. The second-order valence-corrected chi connectivity index (χ2v) is 6.41. The van der Waals surface area contributed by atoms with Crippen molar-refractivity contribution in [1.29, 1.82) is 0 Å². The third kappa shape index (κ3) is 2.45. The summed E-state index contributed by atoms with van der Waals surface area (Å²) >= 11 is 0. The Bertz CT molecular complexity index is 815. The Labute approximate surface area is 135 Å². The molecule has 0 amide bonds. The Morgan fingerprint density at radius 3 is 2.83 bits per heavy atom. The van der Waals surface area contributed by atoms with Gasteiger partial charge in [-0.2, -0.15) is 5.10 Å². The smallest absolute Gasteiger partial charge is 0.209 e. The van der Waals surface area contributed by atoms with Crippen LogP contribution in [0.2, 0.25) is 0 Å². The molecular formula is C18H22N4O. The van der Waals surface area contributed by atoms with E-state index >= 15 is 0 Å². The number of oxazole rings is 1. The molecule has 3 heterocycles. The summed E-state index contributed by atoms with van der Waals surface area (Å²) in [6.07, 6.45) is 2.38. The van der Waals surface area contributed by atoms with E-state index in [-0.39, 0.29) is 0 Å². The zero-order valence-corrected chi connectivity index (χ0v) is 13.9. The van der Waals surface area contributed by atoms with Crippen molar-refractivity contribution < 1.29 is 4.42 Å². The van der Waals surface area contributed by atoms with Crippen LogP contribution in [0.5, 0.6) is 0 Å². The van der Waals surface area contributed by atoms with Crippen molar-refractivity contribution in [2.45, 2.75) is 39.3 Å². The van der Waals surface area contributed by atoms with E-state index in [0.29, 0.717) is 6.04 Å². The number of rotatable bonds is 3. The van der Waals surface area contributed by atoms with Crippen LogP contribution in [0.4, 0.5) is 0 Å². The van der Waals surface area contributed by atoms with Crippen LogP contribution >= 0.6 is 0 Å². The van der Waals surface area contributed by atoms with Gasteiger partial charge in [0, 0.05) is 24.3 Å². The van der Waals surface area contributed by atoms with Crippen molar-refractivity contribution >= 4 is 11.1 Å². The molecule has 0 aliphatic carbocycles. The molecule has 0 saturated carbocycles. The summed E-state index contributed by atoms with van der Waals surface area (Å²) in [5.41, 5.74) is 5.58. The Kier molecular flexibility index (Phi) is 3.45. The van der Waals surface area contributed by atoms with E-state index in [4.69, 9.17) is 4.42 Å². The molecule has 5 heteroatoms. The molecule has 1 saturated heterocycles. The minimum Gasteiger partial charge on any atom is -0.439 e. The summed E-state index contributed by atoms with van der Waals surface area (Å²) in [5.74, 6) is 0.803. The van der Waals surface area contributed by atoms with Crippen molar-refractivity contribution in [3.63, 3.8) is 0 Å². The highest BCUT2D eigenvalue weighted by Gasteiger charge is 2.31. The molecule has 3 aromatic rings. The van der Waals surface area contributed by atoms with Crippen LogP contribution in [0.1, 0.15) is 41.7 Å². The first-order valence-corrected chi connectivity index (χ1v) is 8.22. The van der Waals surface area contributed by atoms with Gasteiger partial charge >= 0.3 is 0 Å². The zero-order chi connectivity index (χ0) is 16.0. The summed E-state index contributed by atoms with van der Waals surface area (Å²) in [7, 11) is 2.02. The second kappa shape index (κ2) is 5.49. The first-order valence-electron chi connectivity index (χ1n) is 8.22. The lowest BCUT2D eigenvalue weighted by Crippen LogP contribution is -2.23. The number of fused-ring (bicyclic) bond motifs is 1. The number of hydrogen-bond donors (Lipinski definition) is 0. The normalized spacial score (nSPS) is 19.0. The SMILES string of the molecule is Cc1nn(C)c(C)c1[C@H]1CCCN1Cc1nc2ccccc2o1. The molecule has 0 radical (unpaired) electrons. The predicted octanol–water partition coefficient (Wildman–Crippen LogP) is 3.52. The highest BCUT2D eigenvalue weighted by Crippen LogP contribution is 2.36. The van der Waals surface area contributed by atoms with Crippen LogP contribution in [-0.2, 0) is 13.6 Å². The number of para-hydroxylation sites is 2. The highest BCUT2D eigenvalue weighted by atomic mass is 16.3. The van der Waals surface area contributed by atoms with Gasteiger partial charge in [-0.1, -0.05) is 12.1 Å². The maximum Gasteiger partial charge on any atom is 0.209 e. The maximum atomic E-state index is 5.91. The summed E-state index contributed by atoms with van der Waals surface area (Å²) in [5, 5.41) is 4.58. The predicted molar refractivity (Wildman–Crippen MR) is 89.1 cm³/mol. The number of aromatic nitrogens is 3. The van der Waals surface area contributed by atoms with Crippen LogP contribution in [0.25, 0.3) is 11.1 Å². The van der Waals surface area contributed by atoms with Gasteiger partial charge < -0.3 is 4.42 Å². The Morgan fingerprint density at radius 2 is 2.09 bits per heavy atom. The third-order valence-corrected chi connectivity index (χ3v) is 4.94. The van der Waals surface area contributed by atoms with Crippen molar-refractivity contribution in [2.75, 3.05) is 6.54 Å². The first kappa shape index (κ1) is 14.5. The molecule has 1 aromatic carbocycles. The van der Waals surface area contributed by atoms with E-state index < -0.39 is 0 Å². The van der Waals surface area contributed by atoms with E-state index in [1.165, 1.54) is 24.1 Å². The average Bonchev–Trinajstić information content (AvgIpc) is 3.19. The molecule has 5 nitrogen and oxygen atoms in total. The molecule has 2 aromatic heterocycles. The fourth-order valence-corrected chi connectivity index (χ4v) is 3.78. The Morgan fingerprint density at radius 1 is 1.26 bits per heavy atom. The second-order valence-electron chi connectivity index (χ2n) is 6.41. The van der Waals surface area contributed by atoms with E-state index in [0.717, 1.165) is 35.8 Å². The zero-order valence-electron chi connectivity index (χ0n) is 13.9. The summed E-state index contributed by atoms with van der Waals surface area (Å²) in [4.78, 5) is 7.10. The standard InChI is InChI=1S/C18H22N4O/c1-12-18(13(2)21(3)20-12)15-8-6-10-22(15)11-17-19-14-7-4-5-9-16(14)23-17/h4-5,7,9,15H,6,8,10-11H2,1-3H3/t15-/m1/s1. The number of hydrogen-bond acceptors (Lipinski definition) is 4. The van der Waals surface area contributed by atoms with Crippen molar-refractivity contribution in [3.05, 3.63) is 47.1 Å². The molecule has 0 unspecified atom stereocenters. The lowest BCUT2D eigenvalue weighted by Gasteiger charge is -2.23. The van der Waals surface area contributed by atoms with Gasteiger partial charge in [0.1, 0.15) is 5.52 Å². The van der Waals surface area contributed by atoms with E-state index in [1.54, 1.807) is 0 Å². The van der Waals surface area contributed by atoms with Crippen LogP contribution in [0.15, 0.2) is 28.7 Å². The number of nitrogens with zero attached hydrogens (tertiary/aromatic N) is 4. The number of aryl methyl sites for hydroxylation is 2.